The quantitative estimate of drug-likeness (QED) is 0.304. The van der Waals surface area contributed by atoms with Crippen molar-refractivity contribution in [1.82, 2.24) is 10.2 Å². The Labute approximate surface area is 178 Å². The number of rotatable bonds is 7. The van der Waals surface area contributed by atoms with Gasteiger partial charge in [0.15, 0.2) is 0 Å². The number of halogens is 2. The molecule has 1 amide bonds. The molecule has 0 radical (unpaired) electrons. The lowest BCUT2D eigenvalue weighted by Crippen LogP contribution is -2.30. The summed E-state index contributed by atoms with van der Waals surface area (Å²) in [5.41, 5.74) is 1.93. The molecule has 160 valence electrons. The standard InChI is InChI=1S/C19H14F2N4O5S/c20-18(21)29-14-4-1-11(2-5-14)17-22-23-19(30-17)31-10-16(26)24-8-7-12-9-13(25(27)28)3-6-15(12)24/h1-6,9,18H,7-8,10H2. The molecule has 0 fully saturated rings. The van der Waals surface area contributed by atoms with E-state index in [1.165, 1.54) is 36.4 Å². The van der Waals surface area contributed by atoms with Crippen LogP contribution in [0.3, 0.4) is 0 Å². The lowest BCUT2D eigenvalue weighted by Gasteiger charge is -2.16. The number of benzene rings is 2. The van der Waals surface area contributed by atoms with Gasteiger partial charge in [0.25, 0.3) is 10.9 Å². The number of anilines is 1. The lowest BCUT2D eigenvalue weighted by atomic mass is 10.1. The topological polar surface area (TPSA) is 112 Å². The fourth-order valence-electron chi connectivity index (χ4n) is 3.13. The van der Waals surface area contributed by atoms with Crippen LogP contribution in [0, 0.1) is 10.1 Å². The third-order valence-corrected chi connectivity index (χ3v) is 5.33. The molecule has 0 atom stereocenters. The first-order valence-corrected chi connectivity index (χ1v) is 9.98. The zero-order chi connectivity index (χ0) is 22.0. The maximum absolute atomic E-state index is 12.6. The molecule has 2 aromatic carbocycles. The summed E-state index contributed by atoms with van der Waals surface area (Å²) in [6.45, 7) is -2.47. The van der Waals surface area contributed by atoms with Gasteiger partial charge < -0.3 is 14.1 Å². The van der Waals surface area contributed by atoms with Gasteiger partial charge in [-0.15, -0.1) is 10.2 Å². The molecule has 0 saturated heterocycles. The van der Waals surface area contributed by atoms with Gasteiger partial charge in [-0.1, -0.05) is 11.8 Å². The van der Waals surface area contributed by atoms with Gasteiger partial charge in [0.05, 0.1) is 10.7 Å². The minimum Gasteiger partial charge on any atom is -0.435 e. The Hall–Kier alpha value is -3.54. The Morgan fingerprint density at radius 1 is 1.26 bits per heavy atom. The van der Waals surface area contributed by atoms with E-state index in [2.05, 4.69) is 14.9 Å². The lowest BCUT2D eigenvalue weighted by molar-refractivity contribution is -0.384. The third kappa shape index (κ3) is 4.63. The number of hydrogen-bond acceptors (Lipinski definition) is 8. The van der Waals surface area contributed by atoms with Gasteiger partial charge >= 0.3 is 6.61 Å². The highest BCUT2D eigenvalue weighted by Crippen LogP contribution is 2.32. The number of carbonyl (C=O) groups is 1. The number of hydrogen-bond donors (Lipinski definition) is 0. The third-order valence-electron chi connectivity index (χ3n) is 4.52. The summed E-state index contributed by atoms with van der Waals surface area (Å²) in [5, 5.41) is 18.9. The van der Waals surface area contributed by atoms with E-state index in [4.69, 9.17) is 4.42 Å². The summed E-state index contributed by atoms with van der Waals surface area (Å²) in [6.07, 6.45) is 0.545. The van der Waals surface area contributed by atoms with E-state index < -0.39 is 11.5 Å². The number of thioether (sulfide) groups is 1. The number of nitro benzene ring substituents is 1. The van der Waals surface area contributed by atoms with E-state index in [0.29, 0.717) is 24.2 Å². The highest BCUT2D eigenvalue weighted by Gasteiger charge is 2.26. The van der Waals surface area contributed by atoms with Crippen molar-refractivity contribution in [3.05, 3.63) is 58.1 Å². The summed E-state index contributed by atoms with van der Waals surface area (Å²) in [4.78, 5) is 24.6. The highest BCUT2D eigenvalue weighted by molar-refractivity contribution is 7.99. The van der Waals surface area contributed by atoms with Gasteiger partial charge in [-0.25, -0.2) is 0 Å². The smallest absolute Gasteiger partial charge is 0.387 e. The van der Waals surface area contributed by atoms with Crippen molar-refractivity contribution in [3.63, 3.8) is 0 Å². The number of carbonyl (C=O) groups excluding carboxylic acids is 1. The van der Waals surface area contributed by atoms with Crippen LogP contribution in [0.1, 0.15) is 5.56 Å². The van der Waals surface area contributed by atoms with Crippen LogP contribution >= 0.6 is 11.8 Å². The van der Waals surface area contributed by atoms with Crippen LogP contribution in [0.2, 0.25) is 0 Å². The van der Waals surface area contributed by atoms with Gasteiger partial charge in [0, 0.05) is 29.9 Å². The number of amides is 1. The summed E-state index contributed by atoms with van der Waals surface area (Å²) >= 11 is 1.06. The van der Waals surface area contributed by atoms with Crippen LogP contribution in [0.15, 0.2) is 52.1 Å². The number of alkyl halides is 2. The summed E-state index contributed by atoms with van der Waals surface area (Å²) in [5.74, 6) is 0.0390. The van der Waals surface area contributed by atoms with E-state index in [1.54, 1.807) is 11.0 Å². The average molecular weight is 448 g/mol. The van der Waals surface area contributed by atoms with Crippen molar-refractivity contribution in [2.75, 3.05) is 17.2 Å². The monoisotopic (exact) mass is 448 g/mol. The zero-order valence-electron chi connectivity index (χ0n) is 15.7. The second kappa shape index (κ2) is 8.68. The second-order valence-corrected chi connectivity index (χ2v) is 7.36. The number of nitro groups is 1. The van der Waals surface area contributed by atoms with Crippen molar-refractivity contribution in [2.45, 2.75) is 18.3 Å². The molecule has 0 bridgehead atoms. The van der Waals surface area contributed by atoms with Crippen molar-refractivity contribution >= 4 is 29.0 Å². The predicted octanol–water partition coefficient (Wildman–Crippen LogP) is 3.93. The maximum Gasteiger partial charge on any atom is 0.387 e. The Morgan fingerprint density at radius 2 is 2.03 bits per heavy atom. The molecule has 12 heteroatoms. The Balaban J connectivity index is 1.37. The van der Waals surface area contributed by atoms with E-state index >= 15 is 0 Å². The molecule has 3 aromatic rings. The van der Waals surface area contributed by atoms with Crippen molar-refractivity contribution in [1.29, 1.82) is 0 Å². The minimum absolute atomic E-state index is 0.00499. The molecule has 0 N–H and O–H groups in total. The maximum atomic E-state index is 12.6. The normalized spacial score (nSPS) is 12.8. The van der Waals surface area contributed by atoms with E-state index in [0.717, 1.165) is 17.3 Å². The largest absolute Gasteiger partial charge is 0.435 e. The number of fused-ring (bicyclic) bond motifs is 1. The molecule has 0 spiro atoms. The molecular formula is C19H14F2N4O5S. The van der Waals surface area contributed by atoms with Gasteiger partial charge in [0.1, 0.15) is 5.75 Å². The molecule has 2 heterocycles. The summed E-state index contributed by atoms with van der Waals surface area (Å²) < 4.78 is 34.2. The van der Waals surface area contributed by atoms with Crippen LogP contribution in [0.25, 0.3) is 11.5 Å². The van der Waals surface area contributed by atoms with Crippen LogP contribution in [-0.2, 0) is 11.2 Å². The molecule has 0 unspecified atom stereocenters. The first kappa shape index (κ1) is 20.7. The van der Waals surface area contributed by atoms with Crippen LogP contribution in [0.5, 0.6) is 5.75 Å². The first-order chi connectivity index (χ1) is 14.9. The molecule has 1 aliphatic heterocycles. The van der Waals surface area contributed by atoms with Crippen LogP contribution in [0.4, 0.5) is 20.2 Å². The Morgan fingerprint density at radius 3 is 2.74 bits per heavy atom. The molecule has 1 aliphatic rings. The molecule has 0 aliphatic carbocycles. The number of non-ortho nitro benzene ring substituents is 1. The Kier molecular flexibility index (Phi) is 5.80. The number of nitrogens with zero attached hydrogens (tertiary/aromatic N) is 4. The predicted molar refractivity (Wildman–Crippen MR) is 106 cm³/mol. The second-order valence-electron chi connectivity index (χ2n) is 6.43. The zero-order valence-corrected chi connectivity index (χ0v) is 16.6. The van der Waals surface area contributed by atoms with Gasteiger partial charge in [0.2, 0.25) is 11.8 Å². The van der Waals surface area contributed by atoms with E-state index in [9.17, 15) is 23.7 Å². The highest BCUT2D eigenvalue weighted by atomic mass is 32.2. The fourth-order valence-corrected chi connectivity index (χ4v) is 3.77. The molecule has 0 saturated carbocycles. The molecular weight excluding hydrogens is 434 g/mol. The SMILES string of the molecule is O=C(CSc1nnc(-c2ccc(OC(F)F)cc2)o1)N1CCc2cc([N+](=O)[O-])ccc21. The van der Waals surface area contributed by atoms with Crippen LogP contribution < -0.4 is 9.64 Å². The van der Waals surface area contributed by atoms with E-state index in [1.807, 2.05) is 0 Å². The molecule has 4 rings (SSSR count). The van der Waals surface area contributed by atoms with Gasteiger partial charge in [-0.05, 0) is 42.3 Å². The Bertz CT molecular complexity index is 1120. The van der Waals surface area contributed by atoms with Gasteiger partial charge in [-0.3, -0.25) is 14.9 Å². The van der Waals surface area contributed by atoms with Gasteiger partial charge in [-0.2, -0.15) is 8.78 Å². The average Bonchev–Trinajstić information content (AvgIpc) is 3.39. The number of aromatic nitrogens is 2. The van der Waals surface area contributed by atoms with Crippen molar-refractivity contribution in [3.8, 4) is 17.2 Å². The van der Waals surface area contributed by atoms with E-state index in [-0.39, 0.29) is 34.2 Å². The number of ether oxygens (including phenoxy) is 1. The summed E-state index contributed by atoms with van der Waals surface area (Å²) in [7, 11) is 0. The first-order valence-electron chi connectivity index (χ1n) is 9.00. The molecule has 31 heavy (non-hydrogen) atoms. The van der Waals surface area contributed by atoms with Crippen molar-refractivity contribution in [2.24, 2.45) is 0 Å². The fraction of sp³-hybridized carbons (Fsp3) is 0.211. The summed E-state index contributed by atoms with van der Waals surface area (Å²) in [6, 6.07) is 10.2. The molecule has 9 nitrogen and oxygen atoms in total. The molecule has 1 aromatic heterocycles. The van der Waals surface area contributed by atoms with Crippen molar-refractivity contribution < 1.29 is 27.7 Å². The minimum atomic E-state index is -2.91. The van der Waals surface area contributed by atoms with Crippen LogP contribution in [-0.4, -0.2) is 39.9 Å².